The van der Waals surface area contributed by atoms with Gasteiger partial charge in [-0.1, -0.05) is 0 Å². The Labute approximate surface area is 160 Å². The summed E-state index contributed by atoms with van der Waals surface area (Å²) in [5.41, 5.74) is 6.57. The standard InChI is InChI=1S/C20H29N3O4/c1-19(2,3)27-18(25)23-12-20(13-23)7-9-22(10-8-20)17(24)14-5-6-15(21)16(11-14)26-4/h5-6,11H,7-10,12-13,21H2,1-4H3. The minimum absolute atomic E-state index is 0.00790. The zero-order valence-corrected chi connectivity index (χ0v) is 16.6. The molecule has 2 N–H and O–H groups in total. The van der Waals surface area contributed by atoms with Gasteiger partial charge in [0.15, 0.2) is 0 Å². The fourth-order valence-corrected chi connectivity index (χ4v) is 3.75. The number of hydrogen-bond acceptors (Lipinski definition) is 5. The minimum atomic E-state index is -0.476. The van der Waals surface area contributed by atoms with Gasteiger partial charge in [-0.2, -0.15) is 0 Å². The predicted octanol–water partition coefficient (Wildman–Crippen LogP) is 2.75. The molecule has 0 bridgehead atoms. The lowest BCUT2D eigenvalue weighted by atomic mass is 9.72. The van der Waals surface area contributed by atoms with Crippen molar-refractivity contribution in [3.63, 3.8) is 0 Å². The topological polar surface area (TPSA) is 85.1 Å². The molecule has 0 saturated carbocycles. The summed E-state index contributed by atoms with van der Waals surface area (Å²) in [6.45, 7) is 8.41. The van der Waals surface area contributed by atoms with Crippen molar-refractivity contribution in [3.8, 4) is 5.75 Å². The molecule has 0 unspecified atom stereocenters. The first-order valence-corrected chi connectivity index (χ1v) is 9.33. The Bertz CT molecular complexity index is 725. The summed E-state index contributed by atoms with van der Waals surface area (Å²) >= 11 is 0. The molecule has 3 rings (SSSR count). The van der Waals surface area contributed by atoms with Gasteiger partial charge >= 0.3 is 6.09 Å². The molecule has 2 fully saturated rings. The molecule has 148 valence electrons. The number of anilines is 1. The highest BCUT2D eigenvalue weighted by molar-refractivity contribution is 5.95. The normalized spacial score (nSPS) is 18.8. The average Bonchev–Trinajstić information content (AvgIpc) is 2.58. The second-order valence-corrected chi connectivity index (χ2v) is 8.59. The van der Waals surface area contributed by atoms with Crippen molar-refractivity contribution in [1.29, 1.82) is 0 Å². The van der Waals surface area contributed by atoms with Crippen LogP contribution in [0.3, 0.4) is 0 Å². The largest absolute Gasteiger partial charge is 0.495 e. The maximum absolute atomic E-state index is 12.8. The molecular formula is C20H29N3O4. The third kappa shape index (κ3) is 4.12. The number of likely N-dealkylation sites (tertiary alicyclic amines) is 2. The van der Waals surface area contributed by atoms with Crippen LogP contribution in [0.25, 0.3) is 0 Å². The Balaban J connectivity index is 1.54. The zero-order chi connectivity index (χ0) is 19.8. The molecule has 2 aliphatic heterocycles. The summed E-state index contributed by atoms with van der Waals surface area (Å²) in [5.74, 6) is 0.507. The second-order valence-electron chi connectivity index (χ2n) is 8.59. The molecule has 2 saturated heterocycles. The number of benzene rings is 1. The van der Waals surface area contributed by atoms with E-state index in [1.54, 1.807) is 23.1 Å². The van der Waals surface area contributed by atoms with Gasteiger partial charge < -0.3 is 25.0 Å². The van der Waals surface area contributed by atoms with E-state index in [0.29, 0.717) is 43.2 Å². The Morgan fingerprint density at radius 1 is 1.11 bits per heavy atom. The Hall–Kier alpha value is -2.44. The van der Waals surface area contributed by atoms with Crippen molar-refractivity contribution >= 4 is 17.7 Å². The van der Waals surface area contributed by atoms with Crippen molar-refractivity contribution in [3.05, 3.63) is 23.8 Å². The summed E-state index contributed by atoms with van der Waals surface area (Å²) in [5, 5.41) is 0. The van der Waals surface area contributed by atoms with Crippen molar-refractivity contribution in [2.75, 3.05) is 39.0 Å². The van der Waals surface area contributed by atoms with Gasteiger partial charge in [-0.3, -0.25) is 4.79 Å². The van der Waals surface area contributed by atoms with Crippen molar-refractivity contribution in [1.82, 2.24) is 9.80 Å². The quantitative estimate of drug-likeness (QED) is 0.804. The van der Waals surface area contributed by atoms with Crippen molar-refractivity contribution in [2.24, 2.45) is 5.41 Å². The molecule has 2 aliphatic rings. The Morgan fingerprint density at radius 3 is 2.30 bits per heavy atom. The molecule has 7 heteroatoms. The monoisotopic (exact) mass is 375 g/mol. The average molecular weight is 375 g/mol. The maximum Gasteiger partial charge on any atom is 0.410 e. The van der Waals surface area contributed by atoms with E-state index < -0.39 is 5.60 Å². The van der Waals surface area contributed by atoms with E-state index in [4.69, 9.17) is 15.2 Å². The number of hydrogen-bond donors (Lipinski definition) is 1. The van der Waals surface area contributed by atoms with Crippen LogP contribution in [0.15, 0.2) is 18.2 Å². The summed E-state index contributed by atoms with van der Waals surface area (Å²) < 4.78 is 10.6. The number of nitrogens with two attached hydrogens (primary N) is 1. The second kappa shape index (κ2) is 6.94. The smallest absolute Gasteiger partial charge is 0.410 e. The van der Waals surface area contributed by atoms with E-state index >= 15 is 0 Å². The highest BCUT2D eigenvalue weighted by Crippen LogP contribution is 2.41. The lowest BCUT2D eigenvalue weighted by molar-refractivity contribution is -0.0563. The van der Waals surface area contributed by atoms with Gasteiger partial charge in [-0.15, -0.1) is 0 Å². The number of ether oxygens (including phenoxy) is 2. The van der Waals surface area contributed by atoms with Crippen LogP contribution in [-0.2, 0) is 4.74 Å². The number of rotatable bonds is 2. The molecule has 7 nitrogen and oxygen atoms in total. The number of methoxy groups -OCH3 is 1. The molecule has 1 spiro atoms. The third-order valence-electron chi connectivity index (χ3n) is 5.30. The van der Waals surface area contributed by atoms with Gasteiger partial charge in [0.1, 0.15) is 11.4 Å². The van der Waals surface area contributed by atoms with Crippen LogP contribution in [0.4, 0.5) is 10.5 Å². The maximum atomic E-state index is 12.8. The van der Waals surface area contributed by atoms with Gasteiger partial charge in [0.05, 0.1) is 12.8 Å². The molecule has 0 aliphatic carbocycles. The number of piperidine rings is 1. The van der Waals surface area contributed by atoms with Gasteiger partial charge in [0, 0.05) is 37.2 Å². The molecule has 1 aromatic carbocycles. The van der Waals surface area contributed by atoms with Crippen molar-refractivity contribution in [2.45, 2.75) is 39.2 Å². The van der Waals surface area contributed by atoms with Crippen LogP contribution < -0.4 is 10.5 Å². The third-order valence-corrected chi connectivity index (χ3v) is 5.30. The highest BCUT2D eigenvalue weighted by atomic mass is 16.6. The van der Waals surface area contributed by atoms with Gasteiger partial charge in [-0.25, -0.2) is 4.79 Å². The Kier molecular flexibility index (Phi) is 4.97. The van der Waals surface area contributed by atoms with Crippen LogP contribution in [-0.4, -0.2) is 60.7 Å². The predicted molar refractivity (Wildman–Crippen MR) is 103 cm³/mol. The molecule has 1 aromatic rings. The number of carbonyl (C=O) groups is 2. The van der Waals surface area contributed by atoms with Gasteiger partial charge in [-0.05, 0) is 51.8 Å². The number of carbonyl (C=O) groups excluding carboxylic acids is 2. The molecule has 0 radical (unpaired) electrons. The minimum Gasteiger partial charge on any atom is -0.495 e. The number of amides is 2. The van der Waals surface area contributed by atoms with E-state index in [2.05, 4.69) is 0 Å². The van der Waals surface area contributed by atoms with E-state index in [1.165, 1.54) is 7.11 Å². The molecule has 27 heavy (non-hydrogen) atoms. The number of nitrogen functional groups attached to an aromatic ring is 1. The van der Waals surface area contributed by atoms with Crippen molar-refractivity contribution < 1.29 is 19.1 Å². The first-order valence-electron chi connectivity index (χ1n) is 9.33. The van der Waals surface area contributed by atoms with E-state index in [9.17, 15) is 9.59 Å². The van der Waals surface area contributed by atoms with Crippen LogP contribution in [0, 0.1) is 5.41 Å². The highest BCUT2D eigenvalue weighted by Gasteiger charge is 2.48. The van der Waals surface area contributed by atoms with E-state index in [-0.39, 0.29) is 17.4 Å². The van der Waals surface area contributed by atoms with Gasteiger partial charge in [0.2, 0.25) is 0 Å². The first kappa shape index (κ1) is 19.3. The lowest BCUT2D eigenvalue weighted by Gasteiger charge is -2.53. The SMILES string of the molecule is COc1cc(C(=O)N2CCC3(CC2)CN(C(=O)OC(C)(C)C)C3)ccc1N. The molecular weight excluding hydrogens is 346 g/mol. The number of nitrogens with zero attached hydrogens (tertiary/aromatic N) is 2. The summed E-state index contributed by atoms with van der Waals surface area (Å²) in [7, 11) is 1.54. The summed E-state index contributed by atoms with van der Waals surface area (Å²) in [4.78, 5) is 28.5. The van der Waals surface area contributed by atoms with E-state index in [1.807, 2.05) is 25.7 Å². The Morgan fingerprint density at radius 2 is 1.74 bits per heavy atom. The fourth-order valence-electron chi connectivity index (χ4n) is 3.75. The van der Waals surface area contributed by atoms with Crippen LogP contribution in [0.1, 0.15) is 44.0 Å². The summed E-state index contributed by atoms with van der Waals surface area (Å²) in [6, 6.07) is 5.12. The molecule has 0 atom stereocenters. The lowest BCUT2D eigenvalue weighted by Crippen LogP contribution is -2.62. The van der Waals surface area contributed by atoms with Gasteiger partial charge in [0.25, 0.3) is 5.91 Å². The molecule has 2 amide bonds. The van der Waals surface area contributed by atoms with Crippen LogP contribution in [0.5, 0.6) is 5.75 Å². The zero-order valence-electron chi connectivity index (χ0n) is 16.6. The van der Waals surface area contributed by atoms with Crippen LogP contribution in [0.2, 0.25) is 0 Å². The fraction of sp³-hybridized carbons (Fsp3) is 0.600. The molecule has 0 aromatic heterocycles. The molecule has 2 heterocycles. The van der Waals surface area contributed by atoms with E-state index in [0.717, 1.165) is 12.8 Å². The summed E-state index contributed by atoms with van der Waals surface area (Å²) in [6.07, 6.45) is 1.54. The first-order chi connectivity index (χ1) is 12.6. The van der Waals surface area contributed by atoms with Crippen LogP contribution >= 0.6 is 0 Å².